The Bertz CT molecular complexity index is 1150. The van der Waals surface area contributed by atoms with Crippen molar-refractivity contribution < 1.29 is 23.4 Å². The van der Waals surface area contributed by atoms with E-state index >= 15 is 0 Å². The van der Waals surface area contributed by atoms with E-state index in [1.54, 1.807) is 56.7 Å². The molecule has 0 radical (unpaired) electrons. The Labute approximate surface area is 178 Å². The Morgan fingerprint density at radius 1 is 0.806 bits per heavy atom. The normalized spacial score (nSPS) is 10.4. The first-order chi connectivity index (χ1) is 15.1. The molecule has 8 heteroatoms. The standard InChI is InChI=1S/C23H19N3O5/c1-28-19-12-16(13-20(14-19)29-2)22-25-26-23(31-22)24-21(27)15-8-10-18(11-9-15)30-17-6-4-3-5-7-17/h3-14H,1-2H3,(H,24,26,27). The second kappa shape index (κ2) is 9.00. The van der Waals surface area contributed by atoms with Crippen molar-refractivity contribution in [3.8, 4) is 34.5 Å². The minimum absolute atomic E-state index is 0.0219. The SMILES string of the molecule is COc1cc(OC)cc(-c2nnc(NC(=O)c3ccc(Oc4ccccc4)cc3)o2)c1. The van der Waals surface area contributed by atoms with Gasteiger partial charge in [0.1, 0.15) is 23.0 Å². The lowest BCUT2D eigenvalue weighted by molar-refractivity contribution is 0.102. The van der Waals surface area contributed by atoms with Crippen LogP contribution < -0.4 is 19.5 Å². The lowest BCUT2D eigenvalue weighted by Gasteiger charge is -2.06. The molecule has 0 atom stereocenters. The van der Waals surface area contributed by atoms with Crippen LogP contribution in [0.4, 0.5) is 6.01 Å². The molecule has 4 aromatic rings. The zero-order valence-electron chi connectivity index (χ0n) is 16.9. The van der Waals surface area contributed by atoms with Gasteiger partial charge < -0.3 is 18.6 Å². The molecule has 0 fully saturated rings. The summed E-state index contributed by atoms with van der Waals surface area (Å²) in [4.78, 5) is 12.5. The van der Waals surface area contributed by atoms with Crippen LogP contribution >= 0.6 is 0 Å². The van der Waals surface area contributed by atoms with Crippen molar-refractivity contribution in [3.05, 3.63) is 78.4 Å². The molecule has 0 saturated carbocycles. The van der Waals surface area contributed by atoms with Gasteiger partial charge >= 0.3 is 6.01 Å². The number of anilines is 1. The summed E-state index contributed by atoms with van der Waals surface area (Å²) < 4.78 is 21.8. The lowest BCUT2D eigenvalue weighted by atomic mass is 10.2. The van der Waals surface area contributed by atoms with Crippen LogP contribution in [0, 0.1) is 0 Å². The van der Waals surface area contributed by atoms with Crippen LogP contribution in [0.3, 0.4) is 0 Å². The molecule has 0 saturated heterocycles. The molecule has 0 aliphatic carbocycles. The van der Waals surface area contributed by atoms with Crippen LogP contribution in [-0.2, 0) is 0 Å². The summed E-state index contributed by atoms with van der Waals surface area (Å²) in [6.45, 7) is 0. The second-order valence-corrected chi connectivity index (χ2v) is 6.41. The van der Waals surface area contributed by atoms with Gasteiger partial charge in [-0.3, -0.25) is 10.1 Å². The summed E-state index contributed by atoms with van der Waals surface area (Å²) in [7, 11) is 3.10. The number of ether oxygens (including phenoxy) is 3. The van der Waals surface area contributed by atoms with Gasteiger partial charge in [-0.25, -0.2) is 0 Å². The number of amides is 1. The van der Waals surface area contributed by atoms with Gasteiger partial charge in [-0.2, -0.15) is 0 Å². The summed E-state index contributed by atoms with van der Waals surface area (Å²) in [6.07, 6.45) is 0. The number of rotatable bonds is 7. The highest BCUT2D eigenvalue weighted by atomic mass is 16.5. The zero-order valence-corrected chi connectivity index (χ0v) is 16.9. The monoisotopic (exact) mass is 417 g/mol. The van der Waals surface area contributed by atoms with Crippen molar-refractivity contribution in [1.82, 2.24) is 10.2 Å². The molecule has 8 nitrogen and oxygen atoms in total. The van der Waals surface area contributed by atoms with E-state index < -0.39 is 0 Å². The van der Waals surface area contributed by atoms with Gasteiger partial charge in [-0.05, 0) is 48.5 Å². The van der Waals surface area contributed by atoms with Gasteiger partial charge in [0.25, 0.3) is 5.91 Å². The number of hydrogen-bond donors (Lipinski definition) is 1. The Kier molecular flexibility index (Phi) is 5.79. The smallest absolute Gasteiger partial charge is 0.322 e. The molecular weight excluding hydrogens is 398 g/mol. The third-order valence-electron chi connectivity index (χ3n) is 4.34. The molecule has 0 spiro atoms. The number of para-hydroxylation sites is 1. The number of methoxy groups -OCH3 is 2. The first-order valence-electron chi connectivity index (χ1n) is 9.36. The van der Waals surface area contributed by atoms with Gasteiger partial charge in [0.2, 0.25) is 5.89 Å². The number of aromatic nitrogens is 2. The van der Waals surface area contributed by atoms with E-state index in [9.17, 15) is 4.79 Å². The molecular formula is C23H19N3O5. The van der Waals surface area contributed by atoms with Crippen LogP contribution in [0.5, 0.6) is 23.0 Å². The van der Waals surface area contributed by atoms with Crippen LogP contribution in [0.15, 0.2) is 77.2 Å². The summed E-state index contributed by atoms with van der Waals surface area (Å²) >= 11 is 0. The van der Waals surface area contributed by atoms with E-state index in [4.69, 9.17) is 18.6 Å². The predicted molar refractivity (Wildman–Crippen MR) is 114 cm³/mol. The Morgan fingerprint density at radius 3 is 2.10 bits per heavy atom. The van der Waals surface area contributed by atoms with Crippen molar-refractivity contribution in [2.24, 2.45) is 0 Å². The van der Waals surface area contributed by atoms with E-state index in [2.05, 4.69) is 15.5 Å². The number of hydrogen-bond acceptors (Lipinski definition) is 7. The molecule has 1 aromatic heterocycles. The van der Waals surface area contributed by atoms with Crippen molar-refractivity contribution in [3.63, 3.8) is 0 Å². The van der Waals surface area contributed by atoms with Gasteiger partial charge in [-0.1, -0.05) is 23.3 Å². The maximum absolute atomic E-state index is 12.5. The molecule has 0 aliphatic heterocycles. The molecule has 156 valence electrons. The van der Waals surface area contributed by atoms with Gasteiger partial charge in [0, 0.05) is 17.2 Å². The minimum atomic E-state index is -0.385. The van der Waals surface area contributed by atoms with Gasteiger partial charge in [-0.15, -0.1) is 5.10 Å². The highest BCUT2D eigenvalue weighted by Gasteiger charge is 2.15. The number of carbonyl (C=O) groups excluding carboxylic acids is 1. The summed E-state index contributed by atoms with van der Waals surface area (Å²) in [5.41, 5.74) is 1.02. The zero-order chi connectivity index (χ0) is 21.6. The molecule has 31 heavy (non-hydrogen) atoms. The molecule has 0 bridgehead atoms. The first-order valence-corrected chi connectivity index (χ1v) is 9.36. The maximum atomic E-state index is 12.5. The highest BCUT2D eigenvalue weighted by molar-refractivity contribution is 6.03. The molecule has 1 heterocycles. The second-order valence-electron chi connectivity index (χ2n) is 6.41. The van der Waals surface area contributed by atoms with Crippen molar-refractivity contribution >= 4 is 11.9 Å². The van der Waals surface area contributed by atoms with Gasteiger partial charge in [0.05, 0.1) is 14.2 Å². The molecule has 4 rings (SSSR count). The van der Waals surface area contributed by atoms with Crippen molar-refractivity contribution in [2.45, 2.75) is 0 Å². The number of nitrogens with one attached hydrogen (secondary N) is 1. The quantitative estimate of drug-likeness (QED) is 0.461. The fraction of sp³-hybridized carbons (Fsp3) is 0.0870. The van der Waals surface area contributed by atoms with E-state index in [1.165, 1.54) is 0 Å². The third kappa shape index (κ3) is 4.81. The fourth-order valence-electron chi connectivity index (χ4n) is 2.79. The summed E-state index contributed by atoms with van der Waals surface area (Å²) in [5.74, 6) is 2.33. The van der Waals surface area contributed by atoms with Crippen molar-refractivity contribution in [2.75, 3.05) is 19.5 Å². The van der Waals surface area contributed by atoms with Crippen LogP contribution in [0.1, 0.15) is 10.4 Å². The average molecular weight is 417 g/mol. The highest BCUT2D eigenvalue weighted by Crippen LogP contribution is 2.29. The van der Waals surface area contributed by atoms with E-state index in [0.29, 0.717) is 34.1 Å². The topological polar surface area (TPSA) is 95.7 Å². The van der Waals surface area contributed by atoms with Crippen LogP contribution in [0.2, 0.25) is 0 Å². The molecule has 0 unspecified atom stereocenters. The summed E-state index contributed by atoms with van der Waals surface area (Å²) in [5, 5.41) is 10.5. The molecule has 1 N–H and O–H groups in total. The number of carbonyl (C=O) groups is 1. The Balaban J connectivity index is 1.44. The van der Waals surface area contributed by atoms with E-state index in [0.717, 1.165) is 0 Å². The molecule has 3 aromatic carbocycles. The number of nitrogens with zero attached hydrogens (tertiary/aromatic N) is 2. The van der Waals surface area contributed by atoms with Crippen LogP contribution in [0.25, 0.3) is 11.5 Å². The summed E-state index contributed by atoms with van der Waals surface area (Å²) in [6, 6.07) is 21.3. The van der Waals surface area contributed by atoms with E-state index in [1.807, 2.05) is 30.3 Å². The van der Waals surface area contributed by atoms with E-state index in [-0.39, 0.29) is 17.8 Å². The maximum Gasteiger partial charge on any atom is 0.322 e. The first kappa shape index (κ1) is 20.0. The Morgan fingerprint density at radius 2 is 1.45 bits per heavy atom. The average Bonchev–Trinajstić information content (AvgIpc) is 3.28. The lowest BCUT2D eigenvalue weighted by Crippen LogP contribution is -2.11. The molecule has 0 aliphatic rings. The van der Waals surface area contributed by atoms with Crippen LogP contribution in [-0.4, -0.2) is 30.3 Å². The number of benzene rings is 3. The largest absolute Gasteiger partial charge is 0.497 e. The Hall–Kier alpha value is -4.33. The predicted octanol–water partition coefficient (Wildman–Crippen LogP) is 4.80. The fourth-order valence-corrected chi connectivity index (χ4v) is 2.79. The minimum Gasteiger partial charge on any atom is -0.497 e. The third-order valence-corrected chi connectivity index (χ3v) is 4.34. The van der Waals surface area contributed by atoms with Gasteiger partial charge in [0.15, 0.2) is 0 Å². The molecule has 1 amide bonds. The van der Waals surface area contributed by atoms with Crippen molar-refractivity contribution in [1.29, 1.82) is 0 Å².